The van der Waals surface area contributed by atoms with Crippen LogP contribution in [0.3, 0.4) is 0 Å². The first-order valence-electron chi connectivity index (χ1n) is 6.62. The molecule has 0 fully saturated rings. The van der Waals surface area contributed by atoms with Crippen LogP contribution in [-0.4, -0.2) is 34.3 Å². The van der Waals surface area contributed by atoms with Crippen LogP contribution in [0.15, 0.2) is 33.9 Å². The van der Waals surface area contributed by atoms with Crippen LogP contribution in [0.1, 0.15) is 17.5 Å². The molecular formula is C13H15BrN4O2S. The van der Waals surface area contributed by atoms with Crippen molar-refractivity contribution in [3.63, 3.8) is 0 Å². The Balaban J connectivity index is 2.01. The molecule has 2 heterocycles. The summed E-state index contributed by atoms with van der Waals surface area (Å²) >= 11 is 3.17. The van der Waals surface area contributed by atoms with Crippen LogP contribution < -0.4 is 0 Å². The number of nitrogens with zero attached hydrogens (tertiary/aromatic N) is 4. The SMILES string of the molecule is Cn1nnc(Br)c1S(=O)(=O)N1CCCc2ccccc2C1. The fraction of sp³-hybridized carbons (Fsp3) is 0.385. The molecule has 0 atom stereocenters. The standard InChI is InChI=1S/C13H15BrN4O2S/c1-17-13(12(14)15-16-17)21(19,20)18-8-4-7-10-5-2-3-6-11(10)9-18/h2-3,5-6H,4,7-9H2,1H3. The van der Waals surface area contributed by atoms with Crippen LogP contribution in [0.2, 0.25) is 0 Å². The Kier molecular flexibility index (Phi) is 3.85. The number of sulfonamides is 1. The van der Waals surface area contributed by atoms with E-state index in [1.54, 1.807) is 7.05 Å². The molecule has 0 N–H and O–H groups in total. The average molecular weight is 371 g/mol. The highest BCUT2D eigenvalue weighted by molar-refractivity contribution is 9.10. The summed E-state index contributed by atoms with van der Waals surface area (Å²) in [5, 5.41) is 7.63. The maximum Gasteiger partial charge on any atom is 0.263 e. The number of halogens is 1. The van der Waals surface area contributed by atoms with Gasteiger partial charge in [0.25, 0.3) is 10.0 Å². The second kappa shape index (κ2) is 5.51. The number of benzene rings is 1. The third kappa shape index (κ3) is 2.63. The molecule has 0 bridgehead atoms. The minimum absolute atomic E-state index is 0.0990. The lowest BCUT2D eigenvalue weighted by atomic mass is 10.0. The third-order valence-electron chi connectivity index (χ3n) is 3.64. The van der Waals surface area contributed by atoms with E-state index in [0.717, 1.165) is 18.4 Å². The summed E-state index contributed by atoms with van der Waals surface area (Å²) < 4.78 is 28.7. The molecule has 1 aliphatic heterocycles. The maximum absolute atomic E-state index is 12.8. The van der Waals surface area contributed by atoms with Crippen molar-refractivity contribution < 1.29 is 8.42 Å². The molecule has 3 rings (SSSR count). The van der Waals surface area contributed by atoms with Crippen molar-refractivity contribution in [1.29, 1.82) is 0 Å². The van der Waals surface area contributed by atoms with Crippen molar-refractivity contribution in [2.24, 2.45) is 7.05 Å². The van der Waals surface area contributed by atoms with Gasteiger partial charge in [-0.25, -0.2) is 13.1 Å². The van der Waals surface area contributed by atoms with Crippen molar-refractivity contribution in [3.8, 4) is 0 Å². The molecule has 0 spiro atoms. The Bertz CT molecular complexity index is 753. The quantitative estimate of drug-likeness (QED) is 0.806. The zero-order chi connectivity index (χ0) is 15.0. The van der Waals surface area contributed by atoms with Crippen molar-refractivity contribution in [1.82, 2.24) is 19.3 Å². The number of hydrogen-bond acceptors (Lipinski definition) is 4. The molecule has 1 aromatic heterocycles. The zero-order valence-electron chi connectivity index (χ0n) is 11.5. The summed E-state index contributed by atoms with van der Waals surface area (Å²) in [6, 6.07) is 7.98. The molecular weight excluding hydrogens is 356 g/mol. The number of rotatable bonds is 2. The van der Waals surface area contributed by atoms with E-state index < -0.39 is 10.0 Å². The lowest BCUT2D eigenvalue weighted by molar-refractivity contribution is 0.404. The zero-order valence-corrected chi connectivity index (χ0v) is 13.9. The largest absolute Gasteiger partial charge is 0.263 e. The van der Waals surface area contributed by atoms with Crippen LogP contribution in [0, 0.1) is 0 Å². The lowest BCUT2D eigenvalue weighted by Gasteiger charge is -2.20. The molecule has 112 valence electrons. The topological polar surface area (TPSA) is 68.1 Å². The van der Waals surface area contributed by atoms with Gasteiger partial charge in [0.05, 0.1) is 0 Å². The molecule has 0 saturated carbocycles. The van der Waals surface area contributed by atoms with Gasteiger partial charge in [0.2, 0.25) is 5.03 Å². The van der Waals surface area contributed by atoms with Gasteiger partial charge in [-0.05, 0) is 39.9 Å². The van der Waals surface area contributed by atoms with Gasteiger partial charge in [0.1, 0.15) is 0 Å². The Morgan fingerprint density at radius 2 is 1.95 bits per heavy atom. The summed E-state index contributed by atoms with van der Waals surface area (Å²) in [4.78, 5) is 0. The first-order valence-corrected chi connectivity index (χ1v) is 8.85. The summed E-state index contributed by atoms with van der Waals surface area (Å²) in [7, 11) is -2.04. The van der Waals surface area contributed by atoms with E-state index in [4.69, 9.17) is 0 Å². The highest BCUT2D eigenvalue weighted by Crippen LogP contribution is 2.27. The van der Waals surface area contributed by atoms with Crippen LogP contribution in [0.25, 0.3) is 0 Å². The van der Waals surface area contributed by atoms with Crippen LogP contribution in [-0.2, 0) is 30.0 Å². The third-order valence-corrected chi connectivity index (χ3v) is 6.37. The van der Waals surface area contributed by atoms with E-state index in [-0.39, 0.29) is 9.63 Å². The van der Waals surface area contributed by atoms with E-state index in [0.29, 0.717) is 13.1 Å². The Labute approximate surface area is 131 Å². The van der Waals surface area contributed by atoms with Gasteiger partial charge in [-0.2, -0.15) is 4.31 Å². The summed E-state index contributed by atoms with van der Waals surface area (Å²) in [5.41, 5.74) is 2.28. The van der Waals surface area contributed by atoms with Gasteiger partial charge in [-0.15, -0.1) is 5.10 Å². The molecule has 6 nitrogen and oxygen atoms in total. The van der Waals surface area contributed by atoms with E-state index in [1.165, 1.54) is 14.6 Å². The molecule has 0 amide bonds. The van der Waals surface area contributed by atoms with Crippen molar-refractivity contribution in [2.45, 2.75) is 24.4 Å². The van der Waals surface area contributed by atoms with Gasteiger partial charge in [-0.3, -0.25) is 0 Å². The first-order chi connectivity index (χ1) is 10.00. The highest BCUT2D eigenvalue weighted by Gasteiger charge is 2.32. The number of aryl methyl sites for hydroxylation is 2. The molecule has 21 heavy (non-hydrogen) atoms. The second-order valence-electron chi connectivity index (χ2n) is 5.02. The van der Waals surface area contributed by atoms with Gasteiger partial charge >= 0.3 is 0 Å². The van der Waals surface area contributed by atoms with Crippen molar-refractivity contribution in [2.75, 3.05) is 6.54 Å². The molecule has 0 radical (unpaired) electrons. The maximum atomic E-state index is 12.8. The molecule has 0 aliphatic carbocycles. The fourth-order valence-electron chi connectivity index (χ4n) is 2.59. The van der Waals surface area contributed by atoms with Gasteiger partial charge in [0.15, 0.2) is 4.60 Å². The smallest absolute Gasteiger partial charge is 0.235 e. The van der Waals surface area contributed by atoms with E-state index in [2.05, 4.69) is 32.3 Å². The molecule has 0 saturated heterocycles. The second-order valence-corrected chi connectivity index (χ2v) is 7.62. The minimum atomic E-state index is -3.62. The molecule has 0 unspecified atom stereocenters. The Morgan fingerprint density at radius 1 is 1.24 bits per heavy atom. The highest BCUT2D eigenvalue weighted by atomic mass is 79.9. The lowest BCUT2D eigenvalue weighted by Crippen LogP contribution is -2.32. The van der Waals surface area contributed by atoms with Gasteiger partial charge < -0.3 is 0 Å². The predicted octanol–water partition coefficient (Wildman–Crippen LogP) is 1.71. The molecule has 1 aliphatic rings. The number of fused-ring (bicyclic) bond motifs is 1. The van der Waals surface area contributed by atoms with E-state index in [9.17, 15) is 8.42 Å². The number of aromatic nitrogens is 3. The monoisotopic (exact) mass is 370 g/mol. The first kappa shape index (κ1) is 14.7. The normalized spacial score (nSPS) is 16.5. The van der Waals surface area contributed by atoms with Crippen molar-refractivity contribution >= 4 is 26.0 Å². The molecule has 1 aromatic carbocycles. The summed E-state index contributed by atoms with van der Waals surface area (Å²) in [6.07, 6.45) is 1.70. The predicted molar refractivity (Wildman–Crippen MR) is 81.1 cm³/mol. The van der Waals surface area contributed by atoms with Crippen LogP contribution in [0.5, 0.6) is 0 Å². The van der Waals surface area contributed by atoms with Crippen LogP contribution in [0.4, 0.5) is 0 Å². The Morgan fingerprint density at radius 3 is 2.62 bits per heavy atom. The minimum Gasteiger partial charge on any atom is -0.235 e. The summed E-state index contributed by atoms with van der Waals surface area (Å²) in [6.45, 7) is 0.880. The Hall–Kier alpha value is -1.25. The molecule has 8 heteroatoms. The summed E-state index contributed by atoms with van der Waals surface area (Å²) in [5.74, 6) is 0. The van der Waals surface area contributed by atoms with E-state index >= 15 is 0 Å². The molecule has 2 aromatic rings. The fourth-order valence-corrected chi connectivity index (χ4v) is 5.08. The van der Waals surface area contributed by atoms with Crippen LogP contribution >= 0.6 is 15.9 Å². The van der Waals surface area contributed by atoms with Crippen molar-refractivity contribution in [3.05, 3.63) is 40.0 Å². The van der Waals surface area contributed by atoms with Gasteiger partial charge in [0, 0.05) is 20.1 Å². The average Bonchev–Trinajstić information content (AvgIpc) is 2.68. The van der Waals surface area contributed by atoms with Gasteiger partial charge in [-0.1, -0.05) is 29.5 Å². The number of hydrogen-bond donors (Lipinski definition) is 0. The van der Waals surface area contributed by atoms with E-state index in [1.807, 2.05) is 18.2 Å².